The van der Waals surface area contributed by atoms with E-state index in [0.29, 0.717) is 19.5 Å². The van der Waals surface area contributed by atoms with Crippen LogP contribution in [0, 0.1) is 5.41 Å². The van der Waals surface area contributed by atoms with Gasteiger partial charge in [0.25, 0.3) is 0 Å². The van der Waals surface area contributed by atoms with Crippen molar-refractivity contribution in [2.45, 2.75) is 50.0 Å². The molecule has 1 unspecified atom stereocenters. The molecule has 6 heteroatoms. The smallest absolute Gasteiger partial charge is 0.223 e. The second kappa shape index (κ2) is 9.54. The van der Waals surface area contributed by atoms with Gasteiger partial charge in [-0.1, -0.05) is 31.4 Å². The van der Waals surface area contributed by atoms with Crippen LogP contribution in [-0.2, 0) is 22.1 Å². The van der Waals surface area contributed by atoms with Gasteiger partial charge in [0.15, 0.2) is 0 Å². The normalized spacial score (nSPS) is 17.6. The number of nitrogens with two attached hydrogens (primary N) is 1. The van der Waals surface area contributed by atoms with Gasteiger partial charge in [-0.3, -0.25) is 9.00 Å². The average molecular weight is 373 g/mol. The summed E-state index contributed by atoms with van der Waals surface area (Å²) in [6.45, 7) is 1.18. The van der Waals surface area contributed by atoms with Crippen molar-refractivity contribution in [2.24, 2.45) is 11.1 Å². The van der Waals surface area contributed by atoms with E-state index in [1.165, 1.54) is 19.3 Å². The highest BCUT2D eigenvalue weighted by atomic mass is 35.5. The molecule has 24 heavy (non-hydrogen) atoms. The van der Waals surface area contributed by atoms with Gasteiger partial charge >= 0.3 is 0 Å². The quantitative estimate of drug-likeness (QED) is 0.834. The first-order valence-corrected chi connectivity index (χ1v) is 9.88. The Morgan fingerprint density at radius 3 is 2.29 bits per heavy atom. The van der Waals surface area contributed by atoms with Gasteiger partial charge < -0.3 is 10.6 Å². The fourth-order valence-corrected chi connectivity index (χ4v) is 3.88. The van der Waals surface area contributed by atoms with Crippen molar-refractivity contribution in [2.75, 3.05) is 19.8 Å². The van der Waals surface area contributed by atoms with Gasteiger partial charge in [0.05, 0.1) is 0 Å². The Kier molecular flexibility index (Phi) is 8.40. The number of halogens is 1. The molecule has 0 radical (unpaired) electrons. The summed E-state index contributed by atoms with van der Waals surface area (Å²) in [6.07, 6.45) is 7.99. The second-order valence-corrected chi connectivity index (χ2v) is 8.17. The van der Waals surface area contributed by atoms with E-state index in [-0.39, 0.29) is 23.7 Å². The number of hydrogen-bond donors (Lipinski definition) is 1. The molecule has 1 fully saturated rings. The third-order valence-electron chi connectivity index (χ3n) is 4.97. The number of carbonyl (C=O) groups is 1. The highest BCUT2D eigenvalue weighted by molar-refractivity contribution is 7.84. The van der Waals surface area contributed by atoms with Gasteiger partial charge in [0.1, 0.15) is 0 Å². The Labute approximate surface area is 154 Å². The van der Waals surface area contributed by atoms with E-state index < -0.39 is 10.8 Å². The van der Waals surface area contributed by atoms with Crippen molar-refractivity contribution >= 4 is 29.1 Å². The monoisotopic (exact) mass is 372 g/mol. The number of rotatable bonds is 6. The Morgan fingerprint density at radius 1 is 1.21 bits per heavy atom. The first kappa shape index (κ1) is 21.1. The average Bonchev–Trinajstić information content (AvgIpc) is 2.56. The molecular weight excluding hydrogens is 344 g/mol. The van der Waals surface area contributed by atoms with Crippen molar-refractivity contribution in [3.8, 4) is 0 Å². The van der Waals surface area contributed by atoms with Crippen molar-refractivity contribution in [3.63, 3.8) is 0 Å². The van der Waals surface area contributed by atoms with E-state index in [1.807, 2.05) is 31.3 Å². The summed E-state index contributed by atoms with van der Waals surface area (Å²) in [6, 6.07) is 7.62. The second-order valence-electron chi connectivity index (χ2n) is 6.79. The molecule has 4 nitrogen and oxygen atoms in total. The topological polar surface area (TPSA) is 63.4 Å². The van der Waals surface area contributed by atoms with Crippen LogP contribution in [0.15, 0.2) is 29.2 Å². The van der Waals surface area contributed by atoms with Gasteiger partial charge in [0, 0.05) is 42.0 Å². The molecule has 2 N–H and O–H groups in total. The summed E-state index contributed by atoms with van der Waals surface area (Å²) < 4.78 is 11.4. The Balaban J connectivity index is 0.00000288. The van der Waals surface area contributed by atoms with Crippen LogP contribution in [-0.4, -0.2) is 34.9 Å². The third-order valence-corrected chi connectivity index (χ3v) is 5.91. The van der Waals surface area contributed by atoms with E-state index in [0.717, 1.165) is 23.3 Å². The summed E-state index contributed by atoms with van der Waals surface area (Å²) in [4.78, 5) is 15.2. The molecule has 136 valence electrons. The lowest BCUT2D eigenvalue weighted by Crippen LogP contribution is -2.39. The molecule has 1 saturated carbocycles. The number of hydrogen-bond acceptors (Lipinski definition) is 3. The standard InChI is InChI=1S/C18H28N2O2S.ClH/c1-20(13-15-6-8-16(9-7-15)23(2)22)17(21)12-18(14-19)10-4-3-5-11-18;/h6-9H,3-5,10-14,19H2,1-2H3;1H. The number of amides is 1. The summed E-state index contributed by atoms with van der Waals surface area (Å²) in [5.41, 5.74) is 7.05. The van der Waals surface area contributed by atoms with Crippen LogP contribution in [0.4, 0.5) is 0 Å². The maximum atomic E-state index is 12.6. The first-order chi connectivity index (χ1) is 11.0. The maximum absolute atomic E-state index is 12.6. The molecule has 0 aliphatic heterocycles. The SMILES string of the molecule is CN(Cc1ccc(S(C)=O)cc1)C(=O)CC1(CN)CCCCC1.Cl. The number of carbonyl (C=O) groups excluding carboxylic acids is 1. The fourth-order valence-electron chi connectivity index (χ4n) is 3.36. The molecule has 2 rings (SSSR count). The molecule has 1 aromatic carbocycles. The number of benzene rings is 1. The van der Waals surface area contributed by atoms with Gasteiger partial charge in [0.2, 0.25) is 5.91 Å². The van der Waals surface area contributed by atoms with Crippen molar-refractivity contribution < 1.29 is 9.00 Å². The van der Waals surface area contributed by atoms with Crippen LogP contribution in [0.2, 0.25) is 0 Å². The van der Waals surface area contributed by atoms with Gasteiger partial charge in [-0.25, -0.2) is 0 Å². The highest BCUT2D eigenvalue weighted by Gasteiger charge is 2.33. The maximum Gasteiger partial charge on any atom is 0.223 e. The summed E-state index contributed by atoms with van der Waals surface area (Å²) in [7, 11) is 0.883. The summed E-state index contributed by atoms with van der Waals surface area (Å²) in [5.74, 6) is 0.167. The molecule has 1 amide bonds. The summed E-state index contributed by atoms with van der Waals surface area (Å²) in [5, 5.41) is 0. The van der Waals surface area contributed by atoms with Crippen LogP contribution >= 0.6 is 12.4 Å². The zero-order chi connectivity index (χ0) is 16.9. The first-order valence-electron chi connectivity index (χ1n) is 8.32. The van der Waals surface area contributed by atoms with Crippen LogP contribution in [0.25, 0.3) is 0 Å². The zero-order valence-corrected chi connectivity index (χ0v) is 16.3. The van der Waals surface area contributed by atoms with Crippen LogP contribution < -0.4 is 5.73 Å². The van der Waals surface area contributed by atoms with Gasteiger partial charge in [-0.15, -0.1) is 12.4 Å². The third kappa shape index (κ3) is 5.57. The van der Waals surface area contributed by atoms with E-state index >= 15 is 0 Å². The van der Waals surface area contributed by atoms with Crippen molar-refractivity contribution in [1.29, 1.82) is 0 Å². The molecule has 1 aliphatic carbocycles. The van der Waals surface area contributed by atoms with Crippen molar-refractivity contribution in [3.05, 3.63) is 29.8 Å². The lowest BCUT2D eigenvalue weighted by Gasteiger charge is -2.36. The predicted octanol–water partition coefficient (Wildman–Crippen LogP) is 3.10. The molecule has 0 saturated heterocycles. The lowest BCUT2D eigenvalue weighted by atomic mass is 9.71. The highest BCUT2D eigenvalue weighted by Crippen LogP contribution is 2.38. The minimum Gasteiger partial charge on any atom is -0.341 e. The molecule has 0 heterocycles. The summed E-state index contributed by atoms with van der Waals surface area (Å²) >= 11 is 0. The van der Waals surface area contributed by atoms with E-state index in [4.69, 9.17) is 5.73 Å². The van der Waals surface area contributed by atoms with Crippen LogP contribution in [0.1, 0.15) is 44.1 Å². The molecule has 1 aromatic rings. The minimum absolute atomic E-state index is 0. The Bertz CT molecular complexity index is 557. The largest absolute Gasteiger partial charge is 0.341 e. The lowest BCUT2D eigenvalue weighted by molar-refractivity contribution is -0.133. The molecule has 1 atom stereocenters. The minimum atomic E-state index is -0.965. The van der Waals surface area contributed by atoms with Crippen LogP contribution in [0.5, 0.6) is 0 Å². The number of nitrogens with zero attached hydrogens (tertiary/aromatic N) is 1. The molecule has 0 spiro atoms. The fraction of sp³-hybridized carbons (Fsp3) is 0.611. The molecule has 0 aromatic heterocycles. The zero-order valence-electron chi connectivity index (χ0n) is 14.6. The van der Waals surface area contributed by atoms with Gasteiger partial charge in [-0.05, 0) is 42.5 Å². The predicted molar refractivity (Wildman–Crippen MR) is 102 cm³/mol. The van der Waals surface area contributed by atoms with Gasteiger partial charge in [-0.2, -0.15) is 0 Å². The van der Waals surface area contributed by atoms with E-state index in [1.54, 1.807) is 11.2 Å². The van der Waals surface area contributed by atoms with E-state index in [9.17, 15) is 9.00 Å². The Morgan fingerprint density at radius 2 is 1.79 bits per heavy atom. The molecule has 1 aliphatic rings. The van der Waals surface area contributed by atoms with E-state index in [2.05, 4.69) is 0 Å². The Hall–Kier alpha value is -0.910. The van der Waals surface area contributed by atoms with Crippen LogP contribution in [0.3, 0.4) is 0 Å². The molecule has 0 bridgehead atoms. The van der Waals surface area contributed by atoms with Crippen molar-refractivity contribution in [1.82, 2.24) is 4.90 Å². The molecular formula is C18H29ClN2O2S.